The topological polar surface area (TPSA) is 34.1 Å². The molecule has 0 radical (unpaired) electrons. The SMILES string of the molecule is O=Cc1cc(Br)ccc1C(=O)c1ccc(Cl)cc1F. The second-order valence-corrected chi connectivity index (χ2v) is 5.15. The van der Waals surface area contributed by atoms with Gasteiger partial charge in [-0.05, 0) is 36.4 Å². The fourth-order valence-corrected chi connectivity index (χ4v) is 2.19. The summed E-state index contributed by atoms with van der Waals surface area (Å²) in [6.45, 7) is 0. The Morgan fingerprint density at radius 3 is 2.47 bits per heavy atom. The van der Waals surface area contributed by atoms with Crippen LogP contribution in [0, 0.1) is 5.82 Å². The third-order valence-electron chi connectivity index (χ3n) is 2.56. The van der Waals surface area contributed by atoms with Gasteiger partial charge in [0.05, 0.1) is 5.56 Å². The van der Waals surface area contributed by atoms with Crippen LogP contribution in [-0.2, 0) is 0 Å². The summed E-state index contributed by atoms with van der Waals surface area (Å²) in [4.78, 5) is 23.2. The molecule has 0 fully saturated rings. The van der Waals surface area contributed by atoms with Crippen LogP contribution < -0.4 is 0 Å². The average Bonchev–Trinajstić information content (AvgIpc) is 2.37. The molecule has 96 valence electrons. The number of rotatable bonds is 3. The molecule has 0 heterocycles. The van der Waals surface area contributed by atoms with E-state index in [0.29, 0.717) is 10.8 Å². The predicted molar refractivity (Wildman–Crippen MR) is 74.4 cm³/mol. The van der Waals surface area contributed by atoms with Crippen molar-refractivity contribution in [3.8, 4) is 0 Å². The van der Waals surface area contributed by atoms with Crippen molar-refractivity contribution in [3.63, 3.8) is 0 Å². The lowest BCUT2D eigenvalue weighted by atomic mass is 9.99. The maximum Gasteiger partial charge on any atom is 0.196 e. The number of ketones is 1. The molecule has 19 heavy (non-hydrogen) atoms. The zero-order chi connectivity index (χ0) is 14.0. The van der Waals surface area contributed by atoms with E-state index < -0.39 is 11.6 Å². The standard InChI is InChI=1S/C14H7BrClFO2/c15-9-1-3-11(8(5-9)7-18)14(19)12-4-2-10(16)6-13(12)17/h1-7H. The maximum absolute atomic E-state index is 13.7. The summed E-state index contributed by atoms with van der Waals surface area (Å²) in [5.74, 6) is -1.26. The molecule has 0 atom stereocenters. The van der Waals surface area contributed by atoms with Crippen molar-refractivity contribution in [2.24, 2.45) is 0 Å². The maximum atomic E-state index is 13.7. The second kappa shape index (κ2) is 5.63. The Morgan fingerprint density at radius 2 is 1.84 bits per heavy atom. The van der Waals surface area contributed by atoms with E-state index in [2.05, 4.69) is 15.9 Å². The molecule has 2 aromatic carbocycles. The number of carbonyl (C=O) groups excluding carboxylic acids is 2. The van der Waals surface area contributed by atoms with E-state index in [1.807, 2.05) is 0 Å². The van der Waals surface area contributed by atoms with Crippen molar-refractivity contribution in [2.75, 3.05) is 0 Å². The van der Waals surface area contributed by atoms with Crippen LogP contribution in [0.15, 0.2) is 40.9 Å². The Labute approximate surface area is 122 Å². The van der Waals surface area contributed by atoms with Crippen molar-refractivity contribution in [1.82, 2.24) is 0 Å². The first-order chi connectivity index (χ1) is 9.02. The number of benzene rings is 2. The Bertz CT molecular complexity index is 670. The van der Waals surface area contributed by atoms with Gasteiger partial charge in [0.25, 0.3) is 0 Å². The van der Waals surface area contributed by atoms with E-state index in [4.69, 9.17) is 11.6 Å². The molecule has 0 amide bonds. The first-order valence-corrected chi connectivity index (χ1v) is 6.44. The van der Waals surface area contributed by atoms with Crippen molar-refractivity contribution >= 4 is 39.6 Å². The Hall–Kier alpha value is -1.52. The van der Waals surface area contributed by atoms with Crippen LogP contribution in [0.3, 0.4) is 0 Å². The van der Waals surface area contributed by atoms with Gasteiger partial charge in [0.1, 0.15) is 5.82 Å². The number of hydrogen-bond donors (Lipinski definition) is 0. The van der Waals surface area contributed by atoms with Crippen molar-refractivity contribution in [2.45, 2.75) is 0 Å². The highest BCUT2D eigenvalue weighted by Gasteiger charge is 2.17. The fourth-order valence-electron chi connectivity index (χ4n) is 1.66. The summed E-state index contributed by atoms with van der Waals surface area (Å²) < 4.78 is 14.4. The van der Waals surface area contributed by atoms with E-state index in [0.717, 1.165) is 6.07 Å². The molecule has 2 rings (SSSR count). The van der Waals surface area contributed by atoms with Gasteiger partial charge in [0, 0.05) is 20.6 Å². The number of carbonyl (C=O) groups is 2. The summed E-state index contributed by atoms with van der Waals surface area (Å²) in [5, 5.41) is 0.209. The van der Waals surface area contributed by atoms with Gasteiger partial charge in [0.15, 0.2) is 12.1 Å². The van der Waals surface area contributed by atoms with E-state index >= 15 is 0 Å². The first kappa shape index (κ1) is 13.9. The molecule has 0 aliphatic rings. The van der Waals surface area contributed by atoms with Crippen LogP contribution in [0.5, 0.6) is 0 Å². The number of hydrogen-bond acceptors (Lipinski definition) is 2. The highest BCUT2D eigenvalue weighted by molar-refractivity contribution is 9.10. The molecule has 0 aliphatic carbocycles. The zero-order valence-corrected chi connectivity index (χ0v) is 11.8. The fraction of sp³-hybridized carbons (Fsp3) is 0. The molecule has 0 aliphatic heterocycles. The first-order valence-electron chi connectivity index (χ1n) is 5.27. The van der Waals surface area contributed by atoms with Gasteiger partial charge in [-0.25, -0.2) is 4.39 Å². The van der Waals surface area contributed by atoms with Gasteiger partial charge in [-0.2, -0.15) is 0 Å². The molecule has 0 aromatic heterocycles. The summed E-state index contributed by atoms with van der Waals surface area (Å²) in [6, 6.07) is 8.40. The molecule has 0 bridgehead atoms. The monoisotopic (exact) mass is 340 g/mol. The van der Waals surface area contributed by atoms with Crippen molar-refractivity contribution in [3.05, 3.63) is 68.4 Å². The second-order valence-electron chi connectivity index (χ2n) is 3.80. The van der Waals surface area contributed by atoms with Gasteiger partial charge in [-0.15, -0.1) is 0 Å². The highest BCUT2D eigenvalue weighted by atomic mass is 79.9. The minimum absolute atomic E-state index is 0.116. The molecule has 2 aromatic rings. The molecule has 0 N–H and O–H groups in total. The Morgan fingerprint density at radius 1 is 1.16 bits per heavy atom. The normalized spacial score (nSPS) is 10.3. The summed E-state index contributed by atoms with van der Waals surface area (Å²) in [6.07, 6.45) is 0.561. The smallest absolute Gasteiger partial charge is 0.196 e. The molecule has 5 heteroatoms. The molecule has 0 spiro atoms. The molecule has 0 saturated heterocycles. The molecular weight excluding hydrogens is 335 g/mol. The number of aldehydes is 1. The highest BCUT2D eigenvalue weighted by Crippen LogP contribution is 2.21. The summed E-state index contributed by atoms with van der Waals surface area (Å²) >= 11 is 8.84. The van der Waals surface area contributed by atoms with E-state index in [-0.39, 0.29) is 21.7 Å². The predicted octanol–water partition coefficient (Wildman–Crippen LogP) is 4.29. The summed E-state index contributed by atoms with van der Waals surface area (Å²) in [7, 11) is 0. The third-order valence-corrected chi connectivity index (χ3v) is 3.29. The molecule has 0 unspecified atom stereocenters. The zero-order valence-electron chi connectivity index (χ0n) is 9.49. The lowest BCUT2D eigenvalue weighted by Crippen LogP contribution is -2.07. The van der Waals surface area contributed by atoms with Crippen LogP contribution in [-0.4, -0.2) is 12.1 Å². The van der Waals surface area contributed by atoms with Gasteiger partial charge in [-0.3, -0.25) is 9.59 Å². The number of halogens is 3. The van der Waals surface area contributed by atoms with Gasteiger partial charge >= 0.3 is 0 Å². The van der Waals surface area contributed by atoms with Crippen LogP contribution >= 0.6 is 27.5 Å². The third kappa shape index (κ3) is 2.91. The van der Waals surface area contributed by atoms with E-state index in [1.165, 1.54) is 24.3 Å². The van der Waals surface area contributed by atoms with Crippen molar-refractivity contribution in [1.29, 1.82) is 0 Å². The van der Waals surface area contributed by atoms with Crippen LogP contribution in [0.4, 0.5) is 4.39 Å². The quantitative estimate of drug-likeness (QED) is 0.616. The minimum Gasteiger partial charge on any atom is -0.298 e. The lowest BCUT2D eigenvalue weighted by Gasteiger charge is -2.06. The van der Waals surface area contributed by atoms with Crippen LogP contribution in [0.1, 0.15) is 26.3 Å². The Balaban J connectivity index is 2.53. The van der Waals surface area contributed by atoms with Gasteiger partial charge < -0.3 is 0 Å². The van der Waals surface area contributed by atoms with E-state index in [1.54, 1.807) is 6.07 Å². The van der Waals surface area contributed by atoms with Crippen LogP contribution in [0.2, 0.25) is 5.02 Å². The van der Waals surface area contributed by atoms with E-state index in [9.17, 15) is 14.0 Å². The molecule has 2 nitrogen and oxygen atoms in total. The largest absolute Gasteiger partial charge is 0.298 e. The van der Waals surface area contributed by atoms with Crippen LogP contribution in [0.25, 0.3) is 0 Å². The minimum atomic E-state index is -0.711. The molecule has 0 saturated carbocycles. The van der Waals surface area contributed by atoms with Crippen molar-refractivity contribution < 1.29 is 14.0 Å². The van der Waals surface area contributed by atoms with Gasteiger partial charge in [-0.1, -0.05) is 27.5 Å². The van der Waals surface area contributed by atoms with Gasteiger partial charge in [0.2, 0.25) is 0 Å². The lowest BCUT2D eigenvalue weighted by molar-refractivity contribution is 0.102. The average molecular weight is 342 g/mol. The summed E-state index contributed by atoms with van der Waals surface area (Å²) in [5.41, 5.74) is 0.239. The Kier molecular flexibility index (Phi) is 4.12. The molecular formula is C14H7BrClFO2.